The Balaban J connectivity index is 1.78. The molecule has 7 heteroatoms. The minimum absolute atomic E-state index is 0.0818. The van der Waals surface area contributed by atoms with Crippen LogP contribution >= 0.6 is 0 Å². The average Bonchev–Trinajstić information content (AvgIpc) is 3.10. The fraction of sp³-hybridized carbons (Fsp3) is 0.211. The predicted octanol–water partition coefficient (Wildman–Crippen LogP) is 2.59. The fourth-order valence-corrected chi connectivity index (χ4v) is 3.07. The number of aromatic nitrogens is 4. The van der Waals surface area contributed by atoms with Crippen molar-refractivity contribution in [1.82, 2.24) is 19.2 Å². The Labute approximate surface area is 149 Å². The van der Waals surface area contributed by atoms with E-state index in [1.54, 1.807) is 7.05 Å². The van der Waals surface area contributed by atoms with E-state index in [4.69, 9.17) is 4.74 Å². The number of aryl methyl sites for hydroxylation is 1. The Morgan fingerprint density at radius 1 is 1.08 bits per heavy atom. The number of anilines is 1. The average molecular weight is 349 g/mol. The van der Waals surface area contributed by atoms with Crippen LogP contribution in [-0.2, 0) is 13.6 Å². The Bertz CT molecular complexity index is 1150. The number of ether oxygens (including phenoxy) is 1. The molecule has 0 saturated carbocycles. The third-order valence-electron chi connectivity index (χ3n) is 4.32. The normalized spacial score (nSPS) is 11.2. The highest BCUT2D eigenvalue weighted by Gasteiger charge is 2.14. The van der Waals surface area contributed by atoms with Gasteiger partial charge in [0, 0.05) is 7.05 Å². The SMILES string of the molecule is CCOc1ccccc1NCc1nnc2n(C)c(=O)c3ccccc3n12. The number of benzene rings is 2. The van der Waals surface area contributed by atoms with Crippen molar-refractivity contribution < 1.29 is 4.74 Å². The summed E-state index contributed by atoms with van der Waals surface area (Å²) >= 11 is 0. The molecule has 2 aromatic carbocycles. The van der Waals surface area contributed by atoms with Crippen molar-refractivity contribution in [3.8, 4) is 5.75 Å². The van der Waals surface area contributed by atoms with Crippen molar-refractivity contribution in [1.29, 1.82) is 0 Å². The topological polar surface area (TPSA) is 73.4 Å². The van der Waals surface area contributed by atoms with Gasteiger partial charge in [-0.05, 0) is 31.2 Å². The quantitative estimate of drug-likeness (QED) is 0.599. The second-order valence-electron chi connectivity index (χ2n) is 5.92. The first-order valence-corrected chi connectivity index (χ1v) is 8.48. The molecule has 0 aliphatic carbocycles. The second kappa shape index (κ2) is 6.51. The second-order valence-corrected chi connectivity index (χ2v) is 5.92. The van der Waals surface area contributed by atoms with Crippen LogP contribution in [-0.4, -0.2) is 25.8 Å². The van der Waals surface area contributed by atoms with Gasteiger partial charge in [-0.3, -0.25) is 13.8 Å². The van der Waals surface area contributed by atoms with Gasteiger partial charge in [-0.1, -0.05) is 24.3 Å². The molecule has 2 heterocycles. The fourth-order valence-electron chi connectivity index (χ4n) is 3.07. The zero-order valence-electron chi connectivity index (χ0n) is 14.6. The van der Waals surface area contributed by atoms with Gasteiger partial charge in [0.25, 0.3) is 5.56 Å². The van der Waals surface area contributed by atoms with Crippen LogP contribution in [0.5, 0.6) is 5.75 Å². The van der Waals surface area contributed by atoms with E-state index in [1.807, 2.05) is 59.9 Å². The van der Waals surface area contributed by atoms with Gasteiger partial charge in [0.05, 0.1) is 29.7 Å². The smallest absolute Gasteiger partial charge is 0.262 e. The van der Waals surface area contributed by atoms with Gasteiger partial charge in [-0.25, -0.2) is 0 Å². The van der Waals surface area contributed by atoms with Crippen LogP contribution in [0.3, 0.4) is 0 Å². The first-order valence-electron chi connectivity index (χ1n) is 8.48. The van der Waals surface area contributed by atoms with Crippen molar-refractivity contribution in [3.05, 3.63) is 64.7 Å². The number of fused-ring (bicyclic) bond motifs is 3. The van der Waals surface area contributed by atoms with Crippen LogP contribution in [0.25, 0.3) is 16.7 Å². The van der Waals surface area contributed by atoms with E-state index in [0.29, 0.717) is 24.3 Å². The predicted molar refractivity (Wildman–Crippen MR) is 101 cm³/mol. The van der Waals surface area contributed by atoms with Crippen LogP contribution in [0.4, 0.5) is 5.69 Å². The van der Waals surface area contributed by atoms with Crippen molar-refractivity contribution in [2.24, 2.45) is 7.05 Å². The summed E-state index contributed by atoms with van der Waals surface area (Å²) in [5.74, 6) is 2.03. The molecule has 0 saturated heterocycles. The minimum atomic E-state index is -0.0818. The van der Waals surface area contributed by atoms with Gasteiger partial charge < -0.3 is 10.1 Å². The summed E-state index contributed by atoms with van der Waals surface area (Å²) in [6.45, 7) is 3.00. The number of hydrogen-bond acceptors (Lipinski definition) is 5. The standard InChI is InChI=1S/C19H19N5O2/c1-3-26-16-11-7-5-9-14(16)20-12-17-21-22-19-23(2)18(25)13-8-4-6-10-15(13)24(17)19/h4-11,20H,3,12H2,1-2H3. The first kappa shape index (κ1) is 16.1. The summed E-state index contributed by atoms with van der Waals surface area (Å²) in [7, 11) is 1.71. The van der Waals surface area contributed by atoms with Crippen molar-refractivity contribution in [2.75, 3.05) is 11.9 Å². The maximum Gasteiger partial charge on any atom is 0.262 e. The zero-order chi connectivity index (χ0) is 18.1. The van der Waals surface area contributed by atoms with E-state index in [0.717, 1.165) is 22.8 Å². The first-order chi connectivity index (χ1) is 12.7. The van der Waals surface area contributed by atoms with E-state index < -0.39 is 0 Å². The third kappa shape index (κ3) is 2.57. The van der Waals surface area contributed by atoms with Gasteiger partial charge in [-0.2, -0.15) is 0 Å². The molecule has 0 atom stereocenters. The van der Waals surface area contributed by atoms with E-state index in [1.165, 1.54) is 4.57 Å². The number of nitrogens with one attached hydrogen (secondary N) is 1. The van der Waals surface area contributed by atoms with Gasteiger partial charge in [0.2, 0.25) is 5.78 Å². The molecular weight excluding hydrogens is 330 g/mol. The maximum absolute atomic E-state index is 12.5. The van der Waals surface area contributed by atoms with Crippen LogP contribution in [0.1, 0.15) is 12.7 Å². The van der Waals surface area contributed by atoms with E-state index >= 15 is 0 Å². The lowest BCUT2D eigenvalue weighted by atomic mass is 10.2. The molecule has 0 unspecified atom stereocenters. The highest BCUT2D eigenvalue weighted by atomic mass is 16.5. The molecule has 0 spiro atoms. The lowest BCUT2D eigenvalue weighted by Crippen LogP contribution is -2.20. The van der Waals surface area contributed by atoms with E-state index in [2.05, 4.69) is 15.5 Å². The van der Waals surface area contributed by atoms with Crippen LogP contribution < -0.4 is 15.6 Å². The molecule has 0 amide bonds. The molecule has 26 heavy (non-hydrogen) atoms. The Morgan fingerprint density at radius 3 is 2.69 bits per heavy atom. The highest BCUT2D eigenvalue weighted by molar-refractivity contribution is 5.80. The molecule has 0 fully saturated rings. The van der Waals surface area contributed by atoms with Gasteiger partial charge >= 0.3 is 0 Å². The van der Waals surface area contributed by atoms with Gasteiger partial charge in [0.15, 0.2) is 5.82 Å². The molecular formula is C19H19N5O2. The van der Waals surface area contributed by atoms with Crippen molar-refractivity contribution >= 4 is 22.4 Å². The highest BCUT2D eigenvalue weighted by Crippen LogP contribution is 2.24. The molecule has 0 radical (unpaired) electrons. The number of rotatable bonds is 5. The van der Waals surface area contributed by atoms with Crippen LogP contribution in [0, 0.1) is 0 Å². The summed E-state index contributed by atoms with van der Waals surface area (Å²) in [5, 5.41) is 12.5. The van der Waals surface area contributed by atoms with Crippen LogP contribution in [0.2, 0.25) is 0 Å². The van der Waals surface area contributed by atoms with E-state index in [-0.39, 0.29) is 5.56 Å². The molecule has 0 bridgehead atoms. The monoisotopic (exact) mass is 349 g/mol. The van der Waals surface area contributed by atoms with Crippen LogP contribution in [0.15, 0.2) is 53.3 Å². The lowest BCUT2D eigenvalue weighted by Gasteiger charge is -2.12. The molecule has 2 aromatic heterocycles. The van der Waals surface area contributed by atoms with Gasteiger partial charge in [-0.15, -0.1) is 10.2 Å². The molecule has 0 aliphatic heterocycles. The maximum atomic E-state index is 12.5. The Morgan fingerprint density at radius 2 is 1.85 bits per heavy atom. The lowest BCUT2D eigenvalue weighted by molar-refractivity contribution is 0.341. The summed E-state index contributed by atoms with van der Waals surface area (Å²) in [4.78, 5) is 12.5. The number of para-hydroxylation sites is 3. The summed E-state index contributed by atoms with van der Waals surface area (Å²) < 4.78 is 9.08. The number of hydrogen-bond donors (Lipinski definition) is 1. The molecule has 4 aromatic rings. The van der Waals surface area contributed by atoms with Crippen molar-refractivity contribution in [2.45, 2.75) is 13.5 Å². The third-order valence-corrected chi connectivity index (χ3v) is 4.32. The summed E-state index contributed by atoms with van der Waals surface area (Å²) in [6, 6.07) is 15.3. The minimum Gasteiger partial charge on any atom is -0.492 e. The Kier molecular flexibility index (Phi) is 4.04. The summed E-state index contributed by atoms with van der Waals surface area (Å²) in [6.07, 6.45) is 0. The van der Waals surface area contributed by atoms with E-state index in [9.17, 15) is 4.79 Å². The largest absolute Gasteiger partial charge is 0.492 e. The molecule has 4 rings (SSSR count). The molecule has 132 valence electrons. The molecule has 1 N–H and O–H groups in total. The summed E-state index contributed by atoms with van der Waals surface area (Å²) in [5.41, 5.74) is 1.60. The van der Waals surface area contributed by atoms with Crippen molar-refractivity contribution in [3.63, 3.8) is 0 Å². The Hall–Kier alpha value is -3.35. The molecule has 0 aliphatic rings. The number of nitrogens with zero attached hydrogens (tertiary/aromatic N) is 4. The molecule has 7 nitrogen and oxygen atoms in total. The van der Waals surface area contributed by atoms with Gasteiger partial charge in [0.1, 0.15) is 5.75 Å². The zero-order valence-corrected chi connectivity index (χ0v) is 14.6.